The molecule has 2 saturated carbocycles. The van der Waals surface area contributed by atoms with Crippen molar-refractivity contribution >= 4 is 11.9 Å². The minimum absolute atomic E-state index is 0.000442. The number of rotatable bonds is 4. The first-order chi connectivity index (χ1) is 13.1. The van der Waals surface area contributed by atoms with Crippen molar-refractivity contribution < 1.29 is 24.2 Å². The third kappa shape index (κ3) is 2.68. The zero-order valence-corrected chi connectivity index (χ0v) is 15.8. The van der Waals surface area contributed by atoms with Crippen LogP contribution in [0.5, 0.6) is 5.75 Å². The van der Waals surface area contributed by atoms with Crippen molar-refractivity contribution in [3.8, 4) is 5.75 Å². The second kappa shape index (κ2) is 7.06. The lowest BCUT2D eigenvalue weighted by molar-refractivity contribution is -0.156. The van der Waals surface area contributed by atoms with E-state index in [-0.39, 0.29) is 12.0 Å². The molecule has 0 aromatic heterocycles. The highest BCUT2D eigenvalue weighted by molar-refractivity contribution is 6.11. The van der Waals surface area contributed by atoms with Crippen LogP contribution in [-0.2, 0) is 19.8 Å². The molecule has 3 aliphatic rings. The summed E-state index contributed by atoms with van der Waals surface area (Å²) >= 11 is 0. The van der Waals surface area contributed by atoms with Crippen LogP contribution < -0.4 is 4.74 Å². The molecule has 2 fully saturated rings. The Balaban J connectivity index is 1.87. The van der Waals surface area contributed by atoms with Gasteiger partial charge in [0.1, 0.15) is 11.9 Å². The van der Waals surface area contributed by atoms with Gasteiger partial charge in [-0.25, -0.2) is 0 Å². The van der Waals surface area contributed by atoms with Gasteiger partial charge in [-0.1, -0.05) is 24.6 Å². The number of para-hydroxylation sites is 1. The normalized spacial score (nSPS) is 27.2. The van der Waals surface area contributed by atoms with Gasteiger partial charge in [-0.05, 0) is 62.6 Å². The van der Waals surface area contributed by atoms with Gasteiger partial charge in [0, 0.05) is 5.56 Å². The van der Waals surface area contributed by atoms with Gasteiger partial charge >= 0.3 is 5.97 Å². The summed E-state index contributed by atoms with van der Waals surface area (Å²) in [5.41, 5.74) is -1.85. The number of methoxy groups -OCH3 is 1. The second-order valence-corrected chi connectivity index (χ2v) is 7.82. The lowest BCUT2D eigenvalue weighted by Crippen LogP contribution is -2.60. The van der Waals surface area contributed by atoms with Crippen molar-refractivity contribution in [3.05, 3.63) is 29.8 Å². The van der Waals surface area contributed by atoms with Crippen LogP contribution in [0, 0.1) is 0 Å². The highest BCUT2D eigenvalue weighted by Gasteiger charge is 2.70. The van der Waals surface area contributed by atoms with E-state index in [0.717, 1.165) is 44.9 Å². The van der Waals surface area contributed by atoms with Gasteiger partial charge in [-0.2, -0.15) is 0 Å². The van der Waals surface area contributed by atoms with Crippen LogP contribution in [0.1, 0.15) is 63.4 Å². The van der Waals surface area contributed by atoms with Gasteiger partial charge in [-0.3, -0.25) is 4.79 Å². The summed E-state index contributed by atoms with van der Waals surface area (Å²) in [5.74, 6) is -0.269. The number of carboxylic acids is 1. The standard InChI is InChI=1S/C21H27NO5/c1-25-17-12-6-5-11-16(17)21(19(23)24)18(26-15-9-3-4-10-15)22-27-20(21)13-7-2-8-14-20/h5-6,11-12,15H,2-4,7-10,13-14H2,1H3,(H,23,24). The van der Waals surface area contributed by atoms with E-state index >= 15 is 0 Å². The SMILES string of the molecule is COc1ccccc1C1(C(=O)O)C(OC2CCCC2)=NOC12CCCCC2. The topological polar surface area (TPSA) is 77.4 Å². The molecule has 1 unspecified atom stereocenters. The largest absolute Gasteiger partial charge is 0.496 e. The summed E-state index contributed by atoms with van der Waals surface area (Å²) in [4.78, 5) is 18.9. The lowest BCUT2D eigenvalue weighted by atomic mass is 9.61. The van der Waals surface area contributed by atoms with Crippen molar-refractivity contribution in [3.63, 3.8) is 0 Å². The summed E-state index contributed by atoms with van der Waals surface area (Å²) in [6, 6.07) is 7.29. The number of hydrogen-bond donors (Lipinski definition) is 1. The number of benzene rings is 1. The Hall–Kier alpha value is -2.24. The van der Waals surface area contributed by atoms with Crippen molar-refractivity contribution in [2.45, 2.75) is 74.9 Å². The zero-order chi connectivity index (χ0) is 18.9. The summed E-state index contributed by atoms with van der Waals surface area (Å²) in [6.07, 6.45) is 8.22. The molecule has 1 spiro atoms. The summed E-state index contributed by atoms with van der Waals surface area (Å²) < 4.78 is 11.8. The number of nitrogens with zero attached hydrogens (tertiary/aromatic N) is 1. The Morgan fingerprint density at radius 3 is 2.52 bits per heavy atom. The predicted molar refractivity (Wildman–Crippen MR) is 100.0 cm³/mol. The number of hydrogen-bond acceptors (Lipinski definition) is 5. The fourth-order valence-corrected chi connectivity index (χ4v) is 5.04. The fraction of sp³-hybridized carbons (Fsp3) is 0.619. The quantitative estimate of drug-likeness (QED) is 0.862. The summed E-state index contributed by atoms with van der Waals surface area (Å²) in [6.45, 7) is 0. The molecule has 1 atom stereocenters. The molecule has 1 N–H and O–H groups in total. The maximum absolute atomic E-state index is 13.0. The Labute approximate surface area is 159 Å². The third-order valence-electron chi connectivity index (χ3n) is 6.38. The molecular weight excluding hydrogens is 346 g/mol. The smallest absolute Gasteiger partial charge is 0.328 e. The molecule has 1 aromatic rings. The van der Waals surface area contributed by atoms with Gasteiger partial charge < -0.3 is 19.4 Å². The van der Waals surface area contributed by atoms with Crippen LogP contribution in [-0.4, -0.2) is 35.8 Å². The molecule has 1 heterocycles. The third-order valence-corrected chi connectivity index (χ3v) is 6.38. The number of oxime groups is 1. The minimum atomic E-state index is -1.48. The molecule has 27 heavy (non-hydrogen) atoms. The van der Waals surface area contributed by atoms with E-state index in [1.807, 2.05) is 18.2 Å². The van der Waals surface area contributed by atoms with Gasteiger partial charge in [0.2, 0.25) is 5.41 Å². The van der Waals surface area contributed by atoms with E-state index in [1.54, 1.807) is 13.2 Å². The molecule has 2 aliphatic carbocycles. The van der Waals surface area contributed by atoms with E-state index in [9.17, 15) is 9.90 Å². The number of carboxylic acid groups (broad SMARTS) is 1. The monoisotopic (exact) mass is 373 g/mol. The molecule has 0 radical (unpaired) electrons. The van der Waals surface area contributed by atoms with E-state index in [0.29, 0.717) is 24.2 Å². The van der Waals surface area contributed by atoms with E-state index < -0.39 is 17.0 Å². The maximum Gasteiger partial charge on any atom is 0.328 e. The number of ether oxygens (including phenoxy) is 2. The Kier molecular flexibility index (Phi) is 4.74. The molecule has 4 rings (SSSR count). The highest BCUT2D eigenvalue weighted by Crippen LogP contribution is 2.54. The van der Waals surface area contributed by atoms with Crippen molar-refractivity contribution in [1.29, 1.82) is 0 Å². The first-order valence-electron chi connectivity index (χ1n) is 9.94. The molecular formula is C21H27NO5. The molecule has 1 aromatic carbocycles. The average Bonchev–Trinajstić information content (AvgIpc) is 3.30. The van der Waals surface area contributed by atoms with E-state index in [4.69, 9.17) is 14.3 Å². The molecule has 0 amide bonds. The van der Waals surface area contributed by atoms with Crippen LogP contribution in [0.25, 0.3) is 0 Å². The summed E-state index contributed by atoms with van der Waals surface area (Å²) in [7, 11) is 1.56. The Morgan fingerprint density at radius 1 is 1.15 bits per heavy atom. The van der Waals surface area contributed by atoms with Crippen molar-refractivity contribution in [2.75, 3.05) is 7.11 Å². The van der Waals surface area contributed by atoms with Crippen LogP contribution in [0.3, 0.4) is 0 Å². The first-order valence-corrected chi connectivity index (χ1v) is 9.94. The highest BCUT2D eigenvalue weighted by atomic mass is 16.7. The fourth-order valence-electron chi connectivity index (χ4n) is 5.04. The lowest BCUT2D eigenvalue weighted by Gasteiger charge is -2.43. The van der Waals surface area contributed by atoms with E-state index in [2.05, 4.69) is 5.16 Å². The number of aliphatic carboxylic acids is 1. The van der Waals surface area contributed by atoms with Crippen LogP contribution in [0.2, 0.25) is 0 Å². The van der Waals surface area contributed by atoms with Gasteiger partial charge in [0.15, 0.2) is 5.60 Å². The first kappa shape index (κ1) is 18.1. The summed E-state index contributed by atoms with van der Waals surface area (Å²) in [5, 5.41) is 14.9. The average molecular weight is 373 g/mol. The van der Waals surface area contributed by atoms with Crippen LogP contribution in [0.15, 0.2) is 29.4 Å². The number of carbonyl (C=O) groups is 1. The zero-order valence-electron chi connectivity index (χ0n) is 15.8. The molecule has 6 nitrogen and oxygen atoms in total. The molecule has 146 valence electrons. The van der Waals surface area contributed by atoms with Crippen molar-refractivity contribution in [2.24, 2.45) is 5.16 Å². The van der Waals surface area contributed by atoms with Gasteiger partial charge in [0.25, 0.3) is 5.90 Å². The van der Waals surface area contributed by atoms with E-state index in [1.165, 1.54) is 0 Å². The van der Waals surface area contributed by atoms with Gasteiger partial charge in [0.05, 0.1) is 7.11 Å². The molecule has 1 aliphatic heterocycles. The Bertz CT molecular complexity index is 734. The minimum Gasteiger partial charge on any atom is -0.496 e. The second-order valence-electron chi connectivity index (χ2n) is 7.82. The van der Waals surface area contributed by atoms with Gasteiger partial charge in [-0.15, -0.1) is 0 Å². The van der Waals surface area contributed by atoms with Crippen molar-refractivity contribution in [1.82, 2.24) is 0 Å². The van der Waals surface area contributed by atoms with Crippen LogP contribution in [0.4, 0.5) is 0 Å². The molecule has 0 bridgehead atoms. The van der Waals surface area contributed by atoms with Crippen LogP contribution >= 0.6 is 0 Å². The molecule has 0 saturated heterocycles. The Morgan fingerprint density at radius 2 is 1.85 bits per heavy atom. The predicted octanol–water partition coefficient (Wildman–Crippen LogP) is 4.02. The maximum atomic E-state index is 13.0. The molecule has 6 heteroatoms.